The Morgan fingerprint density at radius 1 is 1.13 bits per heavy atom. The van der Waals surface area contributed by atoms with Crippen LogP contribution in [-0.2, 0) is 16.0 Å². The van der Waals surface area contributed by atoms with Crippen molar-refractivity contribution in [2.45, 2.75) is 18.6 Å². The summed E-state index contributed by atoms with van der Waals surface area (Å²) >= 11 is 1.32. The minimum Gasteiger partial charge on any atom is -0.493 e. The second kappa shape index (κ2) is 10.6. The number of nitrogens with zero attached hydrogens (tertiary/aromatic N) is 2. The van der Waals surface area contributed by atoms with Crippen molar-refractivity contribution in [2.24, 2.45) is 10.2 Å². The average Bonchev–Trinajstić information content (AvgIpc) is 3.13. The van der Waals surface area contributed by atoms with E-state index in [1.165, 1.54) is 11.8 Å². The second-order valence-electron chi connectivity index (χ2n) is 6.48. The number of benzene rings is 2. The summed E-state index contributed by atoms with van der Waals surface area (Å²) in [6, 6.07) is 12.4. The first kappa shape index (κ1) is 22.4. The summed E-state index contributed by atoms with van der Waals surface area (Å²) < 4.78 is 15.4. The van der Waals surface area contributed by atoms with Gasteiger partial charge in [-0.25, -0.2) is 4.79 Å². The zero-order chi connectivity index (χ0) is 22.2. The highest BCUT2D eigenvalue weighted by Gasteiger charge is 2.30. The van der Waals surface area contributed by atoms with Gasteiger partial charge in [0, 0.05) is 0 Å². The number of amidine groups is 1. The van der Waals surface area contributed by atoms with Crippen LogP contribution < -0.4 is 14.8 Å². The maximum absolute atomic E-state index is 12.3. The molecule has 0 aliphatic carbocycles. The SMILES string of the molecule is CCOC(=O)c1ccc(CC2S/C(=N/N=Cc3ccc(OC)c(OC)c3)NC2=O)cc1. The molecule has 8 nitrogen and oxygen atoms in total. The molecular formula is C22H23N3O5S. The molecule has 1 N–H and O–H groups in total. The minimum absolute atomic E-state index is 0.125. The van der Waals surface area contributed by atoms with Crippen molar-refractivity contribution < 1.29 is 23.8 Å². The standard InChI is InChI=1S/C22H23N3O5S/c1-4-30-21(27)16-8-5-14(6-9-16)12-19-20(26)24-22(31-19)25-23-13-15-7-10-17(28-2)18(11-15)29-3/h5-11,13,19H,4,12H2,1-3H3,(H,24,25,26). The van der Waals surface area contributed by atoms with Gasteiger partial charge in [0.25, 0.3) is 0 Å². The average molecular weight is 442 g/mol. The van der Waals surface area contributed by atoms with Crippen LogP contribution in [0.4, 0.5) is 0 Å². The lowest BCUT2D eigenvalue weighted by Gasteiger charge is -2.07. The van der Waals surface area contributed by atoms with E-state index in [0.29, 0.717) is 35.3 Å². The molecule has 0 saturated carbocycles. The Morgan fingerprint density at radius 2 is 1.87 bits per heavy atom. The predicted molar refractivity (Wildman–Crippen MR) is 120 cm³/mol. The molecule has 1 unspecified atom stereocenters. The molecule has 0 spiro atoms. The minimum atomic E-state index is -0.358. The fourth-order valence-corrected chi connectivity index (χ4v) is 3.84. The maximum Gasteiger partial charge on any atom is 0.338 e. The number of esters is 1. The number of carbonyl (C=O) groups is 2. The van der Waals surface area contributed by atoms with Crippen LogP contribution in [0.25, 0.3) is 0 Å². The van der Waals surface area contributed by atoms with Crippen LogP contribution in [0.3, 0.4) is 0 Å². The number of nitrogens with one attached hydrogen (secondary N) is 1. The summed E-state index contributed by atoms with van der Waals surface area (Å²) in [6.45, 7) is 2.09. The van der Waals surface area contributed by atoms with Gasteiger partial charge < -0.3 is 19.5 Å². The Kier molecular flexibility index (Phi) is 7.66. The van der Waals surface area contributed by atoms with Crippen molar-refractivity contribution in [2.75, 3.05) is 20.8 Å². The topological polar surface area (TPSA) is 98.6 Å². The van der Waals surface area contributed by atoms with Crippen molar-refractivity contribution in [1.29, 1.82) is 0 Å². The van der Waals surface area contributed by atoms with E-state index in [0.717, 1.165) is 11.1 Å². The third-order valence-corrected chi connectivity index (χ3v) is 5.50. The summed E-state index contributed by atoms with van der Waals surface area (Å²) in [5.41, 5.74) is 2.21. The predicted octanol–water partition coefficient (Wildman–Crippen LogP) is 3.04. The molecule has 1 atom stereocenters. The number of amides is 1. The van der Waals surface area contributed by atoms with Crippen LogP contribution >= 0.6 is 11.8 Å². The van der Waals surface area contributed by atoms with Gasteiger partial charge in [0.15, 0.2) is 16.7 Å². The molecule has 0 bridgehead atoms. The Labute approximate surface area is 184 Å². The first-order valence-corrected chi connectivity index (χ1v) is 10.5. The van der Waals surface area contributed by atoms with Gasteiger partial charge in [-0.1, -0.05) is 23.9 Å². The molecular weight excluding hydrogens is 418 g/mol. The molecule has 1 aliphatic rings. The van der Waals surface area contributed by atoms with Gasteiger partial charge in [-0.2, -0.15) is 5.10 Å². The van der Waals surface area contributed by atoms with E-state index in [1.54, 1.807) is 51.6 Å². The molecule has 1 fully saturated rings. The lowest BCUT2D eigenvalue weighted by molar-refractivity contribution is -0.118. The zero-order valence-electron chi connectivity index (χ0n) is 17.5. The maximum atomic E-state index is 12.3. The smallest absolute Gasteiger partial charge is 0.338 e. The Hall–Kier alpha value is -3.33. The van der Waals surface area contributed by atoms with Crippen LogP contribution in [0.2, 0.25) is 0 Å². The molecule has 1 aliphatic heterocycles. The van der Waals surface area contributed by atoms with Crippen LogP contribution in [0.1, 0.15) is 28.4 Å². The number of carbonyl (C=O) groups excluding carboxylic acids is 2. The zero-order valence-corrected chi connectivity index (χ0v) is 18.3. The van der Waals surface area contributed by atoms with E-state index in [4.69, 9.17) is 14.2 Å². The fourth-order valence-electron chi connectivity index (χ4n) is 2.87. The molecule has 0 radical (unpaired) electrons. The lowest BCUT2D eigenvalue weighted by atomic mass is 10.1. The number of hydrogen-bond acceptors (Lipinski definition) is 8. The van der Waals surface area contributed by atoms with E-state index >= 15 is 0 Å². The van der Waals surface area contributed by atoms with Gasteiger partial charge >= 0.3 is 5.97 Å². The highest BCUT2D eigenvalue weighted by atomic mass is 32.2. The third-order valence-electron chi connectivity index (χ3n) is 4.43. The van der Waals surface area contributed by atoms with Crippen LogP contribution in [0.15, 0.2) is 52.7 Å². The van der Waals surface area contributed by atoms with E-state index in [9.17, 15) is 9.59 Å². The summed E-state index contributed by atoms with van der Waals surface area (Å²) in [6.07, 6.45) is 2.08. The molecule has 1 amide bonds. The Bertz CT molecular complexity index is 1000. The highest BCUT2D eigenvalue weighted by molar-refractivity contribution is 8.15. The molecule has 0 aromatic heterocycles. The normalized spacial score (nSPS) is 17.1. The van der Waals surface area contributed by atoms with E-state index in [2.05, 4.69) is 15.5 Å². The monoisotopic (exact) mass is 441 g/mol. The van der Waals surface area contributed by atoms with E-state index < -0.39 is 0 Å². The quantitative estimate of drug-likeness (QED) is 0.384. The third kappa shape index (κ3) is 5.85. The fraction of sp³-hybridized carbons (Fsp3) is 0.273. The number of methoxy groups -OCH3 is 2. The van der Waals surface area contributed by atoms with Crippen molar-refractivity contribution in [3.63, 3.8) is 0 Å². The Morgan fingerprint density at radius 3 is 2.55 bits per heavy atom. The van der Waals surface area contributed by atoms with Crippen LogP contribution in [0.5, 0.6) is 11.5 Å². The molecule has 3 rings (SSSR count). The van der Waals surface area contributed by atoms with Crippen molar-refractivity contribution in [1.82, 2.24) is 5.32 Å². The number of hydrogen-bond donors (Lipinski definition) is 1. The largest absolute Gasteiger partial charge is 0.493 e. The van der Waals surface area contributed by atoms with Gasteiger partial charge in [-0.05, 0) is 54.8 Å². The summed E-state index contributed by atoms with van der Waals surface area (Å²) in [7, 11) is 3.14. The second-order valence-corrected chi connectivity index (χ2v) is 7.67. The van der Waals surface area contributed by atoms with E-state index in [-0.39, 0.29) is 17.1 Å². The Balaban J connectivity index is 1.60. The van der Waals surface area contributed by atoms with Gasteiger partial charge in [-0.3, -0.25) is 4.79 Å². The first-order chi connectivity index (χ1) is 15.0. The van der Waals surface area contributed by atoms with Crippen molar-refractivity contribution in [3.8, 4) is 11.5 Å². The molecule has 2 aromatic rings. The summed E-state index contributed by atoms with van der Waals surface area (Å²) in [5, 5.41) is 11.0. The van der Waals surface area contributed by atoms with Crippen molar-refractivity contribution >= 4 is 35.0 Å². The van der Waals surface area contributed by atoms with Crippen LogP contribution in [-0.4, -0.2) is 49.3 Å². The van der Waals surface area contributed by atoms with Gasteiger partial charge in [0.05, 0.1) is 37.9 Å². The van der Waals surface area contributed by atoms with Gasteiger partial charge in [0.2, 0.25) is 5.91 Å². The number of rotatable bonds is 8. The summed E-state index contributed by atoms with van der Waals surface area (Å²) in [5.74, 6) is 0.739. The molecule has 162 valence electrons. The number of ether oxygens (including phenoxy) is 3. The van der Waals surface area contributed by atoms with Gasteiger partial charge in [-0.15, -0.1) is 5.10 Å². The highest BCUT2D eigenvalue weighted by Crippen LogP contribution is 2.27. The summed E-state index contributed by atoms with van der Waals surface area (Å²) in [4.78, 5) is 24.0. The van der Waals surface area contributed by atoms with Gasteiger partial charge in [0.1, 0.15) is 0 Å². The first-order valence-electron chi connectivity index (χ1n) is 9.60. The molecule has 31 heavy (non-hydrogen) atoms. The van der Waals surface area contributed by atoms with Crippen LogP contribution in [0, 0.1) is 0 Å². The van der Waals surface area contributed by atoms with Crippen molar-refractivity contribution in [3.05, 3.63) is 59.2 Å². The molecule has 1 saturated heterocycles. The van der Waals surface area contributed by atoms with E-state index in [1.807, 2.05) is 18.2 Å². The lowest BCUT2D eigenvalue weighted by Crippen LogP contribution is -2.25. The molecule has 9 heteroatoms. The molecule has 1 heterocycles. The molecule has 2 aromatic carbocycles. The number of thioether (sulfide) groups is 1.